The van der Waals surface area contributed by atoms with E-state index in [1.807, 2.05) is 0 Å². The van der Waals surface area contributed by atoms with Crippen molar-refractivity contribution < 1.29 is 28.7 Å². The number of amides is 4. The highest BCUT2D eigenvalue weighted by Crippen LogP contribution is 2.24. The molecule has 1 aliphatic rings. The molecule has 0 aliphatic carbocycles. The van der Waals surface area contributed by atoms with Crippen LogP contribution in [0.1, 0.15) is 38.8 Å². The summed E-state index contributed by atoms with van der Waals surface area (Å²) in [6.45, 7) is 4.97. The zero-order chi connectivity index (χ0) is 26.4. The molecule has 2 aromatic rings. The molecule has 1 heterocycles. The van der Waals surface area contributed by atoms with E-state index in [-0.39, 0.29) is 18.1 Å². The summed E-state index contributed by atoms with van der Waals surface area (Å²) in [6, 6.07) is 13.3. The molecule has 0 spiro atoms. The van der Waals surface area contributed by atoms with E-state index in [0.717, 1.165) is 0 Å². The number of ketones is 1. The molecule has 4 atom stereocenters. The largest absolute Gasteiger partial charge is 0.413 e. The van der Waals surface area contributed by atoms with Gasteiger partial charge in [-0.05, 0) is 35.7 Å². The number of imide groups is 1. The average molecular weight is 514 g/mol. The molecule has 1 fully saturated rings. The molecular formula is C26H28ClN3O6. The monoisotopic (exact) mass is 513 g/mol. The van der Waals surface area contributed by atoms with Crippen LogP contribution in [0.2, 0.25) is 5.02 Å². The number of ether oxygens (including phenoxy) is 1. The van der Waals surface area contributed by atoms with Gasteiger partial charge >= 0.3 is 6.09 Å². The molecule has 0 radical (unpaired) electrons. The Morgan fingerprint density at radius 1 is 0.972 bits per heavy atom. The molecule has 3 rings (SSSR count). The first-order valence-electron chi connectivity index (χ1n) is 11.5. The highest BCUT2D eigenvalue weighted by atomic mass is 35.5. The van der Waals surface area contributed by atoms with Crippen molar-refractivity contribution in [2.75, 3.05) is 0 Å². The lowest BCUT2D eigenvalue weighted by Gasteiger charge is -2.26. The zero-order valence-corrected chi connectivity index (χ0v) is 20.9. The first kappa shape index (κ1) is 26.9. The van der Waals surface area contributed by atoms with Gasteiger partial charge < -0.3 is 15.4 Å². The second kappa shape index (κ2) is 11.8. The van der Waals surface area contributed by atoms with Crippen LogP contribution in [0.25, 0.3) is 0 Å². The Morgan fingerprint density at radius 2 is 1.61 bits per heavy atom. The number of hydrogen-bond acceptors (Lipinski definition) is 6. The summed E-state index contributed by atoms with van der Waals surface area (Å²) in [6.07, 6.45) is -0.966. The molecule has 0 bridgehead atoms. The van der Waals surface area contributed by atoms with E-state index in [0.29, 0.717) is 10.6 Å². The van der Waals surface area contributed by atoms with E-state index in [9.17, 15) is 24.0 Å². The first-order chi connectivity index (χ1) is 17.1. The third kappa shape index (κ3) is 6.69. The smallest absolute Gasteiger partial charge is 0.410 e. The van der Waals surface area contributed by atoms with Crippen molar-refractivity contribution in [3.8, 4) is 5.75 Å². The van der Waals surface area contributed by atoms with Crippen molar-refractivity contribution in [1.82, 2.24) is 16.0 Å². The van der Waals surface area contributed by atoms with Crippen LogP contribution < -0.4 is 20.7 Å². The Bertz CT molecular complexity index is 1140. The SMILES string of the molecule is CC(C)[C@H](NC(=O)CC(NC(=O)Oc1ccc(Cl)cc1)c1ccccc1)C(=O)[C@@H]1C(=O)NC(=O)[C@H]1C. The van der Waals surface area contributed by atoms with E-state index >= 15 is 0 Å². The molecule has 36 heavy (non-hydrogen) atoms. The quantitative estimate of drug-likeness (QED) is 0.348. The molecule has 4 amide bonds. The van der Waals surface area contributed by atoms with Gasteiger partial charge in [0.2, 0.25) is 17.7 Å². The van der Waals surface area contributed by atoms with Crippen molar-refractivity contribution in [1.29, 1.82) is 0 Å². The Hall–Kier alpha value is -3.72. The molecule has 0 aromatic heterocycles. The fourth-order valence-electron chi connectivity index (χ4n) is 3.96. The number of benzene rings is 2. The van der Waals surface area contributed by atoms with Crippen molar-refractivity contribution in [2.24, 2.45) is 17.8 Å². The van der Waals surface area contributed by atoms with Crippen LogP contribution in [0.3, 0.4) is 0 Å². The van der Waals surface area contributed by atoms with Crippen LogP contribution in [0.15, 0.2) is 54.6 Å². The summed E-state index contributed by atoms with van der Waals surface area (Å²) in [7, 11) is 0. The lowest BCUT2D eigenvalue weighted by Crippen LogP contribution is -2.49. The van der Waals surface area contributed by atoms with Crippen LogP contribution in [-0.2, 0) is 19.2 Å². The van der Waals surface area contributed by atoms with Crippen molar-refractivity contribution >= 4 is 41.2 Å². The van der Waals surface area contributed by atoms with Crippen molar-refractivity contribution in [2.45, 2.75) is 39.3 Å². The van der Waals surface area contributed by atoms with E-state index in [4.69, 9.17) is 16.3 Å². The van der Waals surface area contributed by atoms with Gasteiger partial charge in [0.25, 0.3) is 0 Å². The van der Waals surface area contributed by atoms with E-state index in [2.05, 4.69) is 16.0 Å². The predicted octanol–water partition coefficient (Wildman–Crippen LogP) is 3.18. The molecule has 2 aromatic carbocycles. The van der Waals surface area contributed by atoms with Gasteiger partial charge in [0.1, 0.15) is 11.7 Å². The molecule has 1 unspecified atom stereocenters. The molecule has 10 heteroatoms. The summed E-state index contributed by atoms with van der Waals surface area (Å²) in [5.41, 5.74) is 0.655. The van der Waals surface area contributed by atoms with E-state index < -0.39 is 53.5 Å². The summed E-state index contributed by atoms with van der Waals surface area (Å²) in [4.78, 5) is 62.7. The topological polar surface area (TPSA) is 131 Å². The maximum atomic E-state index is 13.1. The van der Waals surface area contributed by atoms with Gasteiger partial charge in [-0.2, -0.15) is 0 Å². The summed E-state index contributed by atoms with van der Waals surface area (Å²) >= 11 is 5.86. The minimum Gasteiger partial charge on any atom is -0.410 e. The zero-order valence-electron chi connectivity index (χ0n) is 20.1. The predicted molar refractivity (Wildman–Crippen MR) is 132 cm³/mol. The Labute approximate surface area is 213 Å². The molecule has 9 nitrogen and oxygen atoms in total. The fourth-order valence-corrected chi connectivity index (χ4v) is 4.09. The van der Waals surface area contributed by atoms with Crippen molar-refractivity contribution in [3.63, 3.8) is 0 Å². The van der Waals surface area contributed by atoms with Crippen LogP contribution in [0, 0.1) is 17.8 Å². The third-order valence-corrected chi connectivity index (χ3v) is 6.20. The van der Waals surface area contributed by atoms with Gasteiger partial charge in [0.05, 0.1) is 24.4 Å². The lowest BCUT2D eigenvalue weighted by atomic mass is 9.85. The van der Waals surface area contributed by atoms with E-state index in [1.54, 1.807) is 56.3 Å². The number of carbonyl (C=O) groups excluding carboxylic acids is 5. The number of hydrogen-bond donors (Lipinski definition) is 3. The third-order valence-electron chi connectivity index (χ3n) is 5.95. The normalized spacial score (nSPS) is 18.8. The number of carbonyl (C=O) groups is 5. The van der Waals surface area contributed by atoms with Crippen LogP contribution in [0.5, 0.6) is 5.75 Å². The van der Waals surface area contributed by atoms with Crippen LogP contribution >= 0.6 is 11.6 Å². The van der Waals surface area contributed by atoms with Gasteiger partial charge in [-0.15, -0.1) is 0 Å². The minimum absolute atomic E-state index is 0.193. The Morgan fingerprint density at radius 3 is 2.17 bits per heavy atom. The maximum Gasteiger partial charge on any atom is 0.413 e. The van der Waals surface area contributed by atoms with E-state index in [1.165, 1.54) is 19.1 Å². The maximum absolute atomic E-state index is 13.1. The van der Waals surface area contributed by atoms with Crippen LogP contribution in [0.4, 0.5) is 4.79 Å². The highest BCUT2D eigenvalue weighted by molar-refractivity contribution is 6.30. The number of rotatable bonds is 9. The second-order valence-electron chi connectivity index (χ2n) is 8.97. The Balaban J connectivity index is 1.72. The lowest BCUT2D eigenvalue weighted by molar-refractivity contribution is -0.137. The molecule has 1 aliphatic heterocycles. The molecule has 3 N–H and O–H groups in total. The summed E-state index contributed by atoms with van der Waals surface area (Å²) in [5, 5.41) is 8.03. The first-order valence-corrected chi connectivity index (χ1v) is 11.9. The van der Waals surface area contributed by atoms with Gasteiger partial charge in [-0.25, -0.2) is 4.79 Å². The number of halogens is 1. The molecule has 190 valence electrons. The molecule has 1 saturated heterocycles. The second-order valence-corrected chi connectivity index (χ2v) is 9.40. The Kier molecular flexibility index (Phi) is 8.82. The average Bonchev–Trinajstić information content (AvgIpc) is 3.09. The highest BCUT2D eigenvalue weighted by Gasteiger charge is 2.46. The molecular weight excluding hydrogens is 486 g/mol. The number of nitrogens with one attached hydrogen (secondary N) is 3. The molecule has 0 saturated carbocycles. The van der Waals surface area contributed by atoms with Gasteiger partial charge in [-0.1, -0.05) is 62.7 Å². The minimum atomic E-state index is -1.16. The van der Waals surface area contributed by atoms with Gasteiger partial charge in [0, 0.05) is 5.02 Å². The van der Waals surface area contributed by atoms with Gasteiger partial charge in [0.15, 0.2) is 5.78 Å². The van der Waals surface area contributed by atoms with Gasteiger partial charge in [-0.3, -0.25) is 24.5 Å². The fraction of sp³-hybridized carbons (Fsp3) is 0.346. The summed E-state index contributed by atoms with van der Waals surface area (Å²) < 4.78 is 5.29. The van der Waals surface area contributed by atoms with Crippen molar-refractivity contribution in [3.05, 3.63) is 65.2 Å². The summed E-state index contributed by atoms with van der Waals surface area (Å²) in [5.74, 6) is -4.26. The van der Waals surface area contributed by atoms with Crippen LogP contribution in [-0.4, -0.2) is 35.6 Å². The standard InChI is InChI=1S/C26H28ClN3O6/c1-14(2)22(23(32)21-15(3)24(33)30-25(21)34)29-20(31)13-19(16-7-5-4-6-8-16)28-26(35)36-18-11-9-17(27)10-12-18/h4-12,14-15,19,21-22H,13H2,1-3H3,(H,28,35)(H,29,31)(H,30,33,34)/t15-,19?,21+,22-/m0/s1. The number of Topliss-reactive ketones (excluding diaryl/α,β-unsaturated/α-hetero) is 1.